The standard InChI is InChI=1S/C24H29Cl2NO4.ClH/c1-2-30-24(29)19-11-13-27(14-12-19)15-22(28)16-31-23(17-3-7-20(25)8-4-17)18-5-9-21(26)10-6-18;/h3-10,19,22-23,28H,2,11-16H2,1H3;1H. The highest BCUT2D eigenvalue weighted by Gasteiger charge is 2.27. The van der Waals surface area contributed by atoms with E-state index in [4.69, 9.17) is 32.7 Å². The number of piperidine rings is 1. The van der Waals surface area contributed by atoms with E-state index >= 15 is 0 Å². The van der Waals surface area contributed by atoms with Crippen LogP contribution in [-0.2, 0) is 14.3 Å². The van der Waals surface area contributed by atoms with E-state index in [0.29, 0.717) is 23.2 Å². The van der Waals surface area contributed by atoms with Crippen LogP contribution in [0.15, 0.2) is 48.5 Å². The van der Waals surface area contributed by atoms with Crippen molar-refractivity contribution in [3.63, 3.8) is 0 Å². The molecule has 1 aliphatic rings. The van der Waals surface area contributed by atoms with Crippen molar-refractivity contribution in [2.24, 2.45) is 5.92 Å². The number of halogens is 3. The lowest BCUT2D eigenvalue weighted by Gasteiger charge is -2.32. The molecule has 2 aromatic rings. The number of aliphatic hydroxyl groups excluding tert-OH is 1. The molecule has 1 atom stereocenters. The van der Waals surface area contributed by atoms with E-state index in [1.54, 1.807) is 0 Å². The van der Waals surface area contributed by atoms with Crippen molar-refractivity contribution in [1.29, 1.82) is 0 Å². The number of hydrogen-bond donors (Lipinski definition) is 1. The number of carbonyl (C=O) groups is 1. The summed E-state index contributed by atoms with van der Waals surface area (Å²) in [6.07, 6.45) is 0.537. The number of β-amino-alcohol motifs (C(OH)–C–C–N with tert-alkyl or cyclic N) is 1. The van der Waals surface area contributed by atoms with E-state index < -0.39 is 6.10 Å². The van der Waals surface area contributed by atoms with Gasteiger partial charge in [-0.15, -0.1) is 12.4 Å². The van der Waals surface area contributed by atoms with Gasteiger partial charge in [0.05, 0.1) is 25.2 Å². The molecular weight excluding hydrogens is 473 g/mol. The summed E-state index contributed by atoms with van der Waals surface area (Å²) in [5, 5.41) is 11.9. The maximum absolute atomic E-state index is 11.9. The molecule has 0 radical (unpaired) electrons. The Balaban J connectivity index is 0.00000363. The van der Waals surface area contributed by atoms with Gasteiger partial charge >= 0.3 is 5.97 Å². The molecule has 0 saturated carbocycles. The van der Waals surface area contributed by atoms with E-state index in [1.165, 1.54) is 0 Å². The number of aliphatic hydroxyl groups is 1. The Morgan fingerprint density at radius 3 is 2.00 bits per heavy atom. The molecule has 0 bridgehead atoms. The van der Waals surface area contributed by atoms with Crippen LogP contribution >= 0.6 is 35.6 Å². The Bertz CT molecular complexity index is 779. The van der Waals surface area contributed by atoms with Gasteiger partial charge < -0.3 is 19.5 Å². The van der Waals surface area contributed by atoms with Gasteiger partial charge in [-0.1, -0.05) is 47.5 Å². The molecule has 0 amide bonds. The van der Waals surface area contributed by atoms with Crippen LogP contribution in [0.3, 0.4) is 0 Å². The first-order valence-electron chi connectivity index (χ1n) is 10.7. The minimum Gasteiger partial charge on any atom is -0.466 e. The largest absolute Gasteiger partial charge is 0.466 e. The van der Waals surface area contributed by atoms with Gasteiger partial charge in [-0.3, -0.25) is 4.79 Å². The highest BCUT2D eigenvalue weighted by molar-refractivity contribution is 6.30. The summed E-state index contributed by atoms with van der Waals surface area (Å²) in [4.78, 5) is 14.1. The third-order valence-corrected chi connectivity index (χ3v) is 5.98. The second-order valence-corrected chi connectivity index (χ2v) is 8.67. The Kier molecular flexibility index (Phi) is 11.3. The van der Waals surface area contributed by atoms with E-state index in [1.807, 2.05) is 55.5 Å². The van der Waals surface area contributed by atoms with Crippen LogP contribution < -0.4 is 0 Å². The van der Waals surface area contributed by atoms with E-state index in [0.717, 1.165) is 37.1 Å². The molecule has 1 aliphatic heterocycles. The zero-order valence-corrected chi connectivity index (χ0v) is 20.4. The van der Waals surface area contributed by atoms with Crippen molar-refractivity contribution < 1.29 is 19.4 Å². The minimum absolute atomic E-state index is 0. The normalized spacial score (nSPS) is 15.9. The Morgan fingerprint density at radius 2 is 1.53 bits per heavy atom. The van der Waals surface area contributed by atoms with Crippen LogP contribution in [-0.4, -0.2) is 54.9 Å². The van der Waals surface area contributed by atoms with Gasteiger partial charge in [-0.05, 0) is 68.2 Å². The topological polar surface area (TPSA) is 59.0 Å². The molecule has 2 aromatic carbocycles. The molecule has 0 aromatic heterocycles. The maximum Gasteiger partial charge on any atom is 0.309 e. The van der Waals surface area contributed by atoms with Gasteiger partial charge in [0.25, 0.3) is 0 Å². The molecule has 8 heteroatoms. The van der Waals surface area contributed by atoms with Crippen molar-refractivity contribution in [3.05, 3.63) is 69.7 Å². The van der Waals surface area contributed by atoms with Gasteiger partial charge in [0.1, 0.15) is 6.10 Å². The first-order valence-corrected chi connectivity index (χ1v) is 11.4. The van der Waals surface area contributed by atoms with Crippen LogP contribution in [0.4, 0.5) is 0 Å². The number of benzene rings is 2. The fraction of sp³-hybridized carbons (Fsp3) is 0.458. The van der Waals surface area contributed by atoms with Crippen LogP contribution in [0.25, 0.3) is 0 Å². The highest BCUT2D eigenvalue weighted by atomic mass is 35.5. The molecule has 1 saturated heterocycles. The second kappa shape index (κ2) is 13.4. The van der Waals surface area contributed by atoms with Crippen LogP contribution in [0.5, 0.6) is 0 Å². The summed E-state index contributed by atoms with van der Waals surface area (Å²) >= 11 is 12.1. The average Bonchev–Trinajstić information content (AvgIpc) is 2.77. The molecule has 1 heterocycles. The highest BCUT2D eigenvalue weighted by Crippen LogP contribution is 2.28. The summed E-state index contributed by atoms with van der Waals surface area (Å²) < 4.78 is 11.3. The quantitative estimate of drug-likeness (QED) is 0.480. The van der Waals surface area contributed by atoms with Gasteiger partial charge in [0.15, 0.2) is 0 Å². The molecule has 1 N–H and O–H groups in total. The SMILES string of the molecule is CCOC(=O)C1CCN(CC(O)COC(c2ccc(Cl)cc2)c2ccc(Cl)cc2)CC1.Cl. The van der Waals surface area contributed by atoms with Crippen molar-refractivity contribution in [2.75, 3.05) is 32.8 Å². The monoisotopic (exact) mass is 501 g/mol. The smallest absolute Gasteiger partial charge is 0.309 e. The van der Waals surface area contributed by atoms with Crippen LogP contribution in [0.2, 0.25) is 10.0 Å². The number of rotatable bonds is 9. The first-order chi connectivity index (χ1) is 15.0. The number of hydrogen-bond acceptors (Lipinski definition) is 5. The first kappa shape index (κ1) is 26.9. The van der Waals surface area contributed by atoms with Gasteiger partial charge in [-0.2, -0.15) is 0 Å². The van der Waals surface area contributed by atoms with E-state index in [2.05, 4.69) is 4.90 Å². The summed E-state index contributed by atoms with van der Waals surface area (Å²) in [5.74, 6) is -0.149. The zero-order valence-electron chi connectivity index (χ0n) is 18.1. The molecule has 1 fully saturated rings. The third kappa shape index (κ3) is 7.91. The Morgan fingerprint density at radius 1 is 1.03 bits per heavy atom. The number of likely N-dealkylation sites (tertiary alicyclic amines) is 1. The van der Waals surface area contributed by atoms with E-state index in [-0.39, 0.29) is 37.0 Å². The van der Waals surface area contributed by atoms with Crippen molar-refractivity contribution in [1.82, 2.24) is 4.90 Å². The Hall–Kier alpha value is -1.34. The van der Waals surface area contributed by atoms with Gasteiger partial charge in [-0.25, -0.2) is 0 Å². The molecule has 32 heavy (non-hydrogen) atoms. The summed E-state index contributed by atoms with van der Waals surface area (Å²) in [7, 11) is 0. The number of carbonyl (C=O) groups excluding carboxylic acids is 1. The van der Waals surface area contributed by atoms with Gasteiger partial charge in [0, 0.05) is 16.6 Å². The number of ether oxygens (including phenoxy) is 2. The van der Waals surface area contributed by atoms with E-state index in [9.17, 15) is 9.90 Å². The lowest BCUT2D eigenvalue weighted by atomic mass is 9.97. The van der Waals surface area contributed by atoms with Crippen molar-refractivity contribution >= 4 is 41.6 Å². The molecule has 0 aliphatic carbocycles. The van der Waals surface area contributed by atoms with Crippen molar-refractivity contribution in [2.45, 2.75) is 32.0 Å². The van der Waals surface area contributed by atoms with Crippen LogP contribution in [0.1, 0.15) is 37.0 Å². The Labute approximate surface area is 206 Å². The number of esters is 1. The minimum atomic E-state index is -0.638. The predicted octanol–water partition coefficient (Wildman–Crippen LogP) is 5.16. The fourth-order valence-corrected chi connectivity index (χ4v) is 4.08. The zero-order chi connectivity index (χ0) is 22.2. The lowest BCUT2D eigenvalue weighted by molar-refractivity contribution is -0.149. The summed E-state index contributed by atoms with van der Waals surface area (Å²) in [5.41, 5.74) is 1.91. The molecule has 0 spiro atoms. The molecule has 3 rings (SSSR count). The third-order valence-electron chi connectivity index (χ3n) is 5.48. The number of nitrogens with zero attached hydrogens (tertiary/aromatic N) is 1. The fourth-order valence-electron chi connectivity index (χ4n) is 3.83. The van der Waals surface area contributed by atoms with Crippen LogP contribution in [0, 0.1) is 5.92 Å². The lowest BCUT2D eigenvalue weighted by Crippen LogP contribution is -2.42. The average molecular weight is 503 g/mol. The molecule has 5 nitrogen and oxygen atoms in total. The van der Waals surface area contributed by atoms with Gasteiger partial charge in [0.2, 0.25) is 0 Å². The molecule has 1 unspecified atom stereocenters. The van der Waals surface area contributed by atoms with Crippen molar-refractivity contribution in [3.8, 4) is 0 Å². The molecule has 176 valence electrons. The maximum atomic E-state index is 11.9. The second-order valence-electron chi connectivity index (χ2n) is 7.80. The summed E-state index contributed by atoms with van der Waals surface area (Å²) in [6.45, 7) is 4.45. The predicted molar refractivity (Wildman–Crippen MR) is 130 cm³/mol. The summed E-state index contributed by atoms with van der Waals surface area (Å²) in [6, 6.07) is 15.0. The molecular formula is C24H30Cl3NO4.